The molecule has 0 radical (unpaired) electrons. The van der Waals surface area contributed by atoms with Crippen LogP contribution in [0.1, 0.15) is 0 Å². The second kappa shape index (κ2) is 6.81. The number of rotatable bonds is 3. The highest BCUT2D eigenvalue weighted by atomic mass is 19.1. The largest absolute Gasteiger partial charge is 0.336 e. The Labute approximate surface area is 175 Å². The third-order valence-corrected chi connectivity index (χ3v) is 5.15. The number of aromatic nitrogens is 7. The van der Waals surface area contributed by atoms with Gasteiger partial charge in [-0.05, 0) is 48.5 Å². The number of benzene rings is 1. The number of imidazole rings is 1. The number of fused-ring (bicyclic) bond motifs is 2. The van der Waals surface area contributed by atoms with Crippen molar-refractivity contribution in [2.24, 2.45) is 0 Å². The van der Waals surface area contributed by atoms with E-state index in [0.29, 0.717) is 22.7 Å². The van der Waals surface area contributed by atoms with Crippen LogP contribution in [0.5, 0.6) is 0 Å². The standard InChI is InChI=1S/C23H14FN7/c24-15-5-3-13(4-6-15)20-22-17(7-9-26-20)28-23(29-22)21-16-10-18(14-2-1-8-25-11-14)27-12-19(16)30-31-21/h1-12H,(H,28,29)(H,30,31). The van der Waals surface area contributed by atoms with Crippen molar-refractivity contribution in [1.29, 1.82) is 0 Å². The summed E-state index contributed by atoms with van der Waals surface area (Å²) in [5, 5.41) is 8.37. The quantitative estimate of drug-likeness (QED) is 0.441. The highest BCUT2D eigenvalue weighted by Gasteiger charge is 2.16. The van der Waals surface area contributed by atoms with Gasteiger partial charge in [-0.3, -0.25) is 20.1 Å². The van der Waals surface area contributed by atoms with E-state index in [0.717, 1.165) is 33.2 Å². The van der Waals surface area contributed by atoms with Crippen molar-refractivity contribution >= 4 is 21.9 Å². The molecule has 2 N–H and O–H groups in total. The first kappa shape index (κ1) is 17.4. The molecule has 0 aliphatic rings. The first-order chi connectivity index (χ1) is 15.3. The number of hydrogen-bond donors (Lipinski definition) is 2. The molecule has 1 aromatic carbocycles. The lowest BCUT2D eigenvalue weighted by Gasteiger charge is -2.01. The van der Waals surface area contributed by atoms with Gasteiger partial charge in [-0.2, -0.15) is 5.10 Å². The van der Waals surface area contributed by atoms with Crippen LogP contribution in [0.4, 0.5) is 4.39 Å². The monoisotopic (exact) mass is 407 g/mol. The van der Waals surface area contributed by atoms with Gasteiger partial charge in [0.15, 0.2) is 5.82 Å². The summed E-state index contributed by atoms with van der Waals surface area (Å²) < 4.78 is 13.3. The molecule has 0 saturated carbocycles. The van der Waals surface area contributed by atoms with Gasteiger partial charge < -0.3 is 4.98 Å². The Balaban J connectivity index is 1.51. The lowest BCUT2D eigenvalue weighted by Crippen LogP contribution is -1.86. The molecule has 0 atom stereocenters. The molecule has 0 spiro atoms. The number of aromatic amines is 2. The van der Waals surface area contributed by atoms with E-state index in [2.05, 4.69) is 30.1 Å². The molecule has 0 bridgehead atoms. The molecule has 0 saturated heterocycles. The molecule has 0 aliphatic heterocycles. The Morgan fingerprint density at radius 3 is 2.55 bits per heavy atom. The SMILES string of the molecule is Fc1ccc(-c2nccc3[nH]c(-c4n[nH]c5cnc(-c6cccnc6)cc45)nc23)cc1. The second-order valence-corrected chi connectivity index (χ2v) is 7.08. The molecular weight excluding hydrogens is 393 g/mol. The zero-order valence-corrected chi connectivity index (χ0v) is 16.0. The Morgan fingerprint density at radius 2 is 1.71 bits per heavy atom. The first-order valence-corrected chi connectivity index (χ1v) is 9.62. The smallest absolute Gasteiger partial charge is 0.159 e. The van der Waals surface area contributed by atoms with Crippen molar-refractivity contribution in [2.45, 2.75) is 0 Å². The predicted octanol–water partition coefficient (Wildman–Crippen LogP) is 4.76. The zero-order chi connectivity index (χ0) is 20.8. The second-order valence-electron chi connectivity index (χ2n) is 7.08. The molecule has 0 aliphatic carbocycles. The maximum absolute atomic E-state index is 13.3. The molecule has 0 unspecified atom stereocenters. The van der Waals surface area contributed by atoms with Gasteiger partial charge in [-0.15, -0.1) is 0 Å². The summed E-state index contributed by atoms with van der Waals surface area (Å²) in [7, 11) is 0. The fraction of sp³-hybridized carbons (Fsp3) is 0. The molecule has 31 heavy (non-hydrogen) atoms. The van der Waals surface area contributed by atoms with Gasteiger partial charge in [-0.25, -0.2) is 9.37 Å². The van der Waals surface area contributed by atoms with Crippen LogP contribution in [0, 0.1) is 5.82 Å². The Bertz CT molecular complexity index is 1540. The average Bonchev–Trinajstić information content (AvgIpc) is 3.43. The number of nitrogens with zero attached hydrogens (tertiary/aromatic N) is 5. The topological polar surface area (TPSA) is 96.0 Å². The minimum Gasteiger partial charge on any atom is -0.336 e. The third kappa shape index (κ3) is 2.93. The van der Waals surface area contributed by atoms with Gasteiger partial charge in [0.1, 0.15) is 17.0 Å². The van der Waals surface area contributed by atoms with Crippen molar-refractivity contribution in [1.82, 2.24) is 35.1 Å². The Kier molecular flexibility index (Phi) is 3.82. The van der Waals surface area contributed by atoms with Crippen molar-refractivity contribution in [2.75, 3.05) is 0 Å². The van der Waals surface area contributed by atoms with E-state index in [1.165, 1.54) is 12.1 Å². The number of halogens is 1. The van der Waals surface area contributed by atoms with E-state index >= 15 is 0 Å². The number of pyridine rings is 3. The van der Waals surface area contributed by atoms with Crippen LogP contribution < -0.4 is 0 Å². The molecule has 6 rings (SSSR count). The van der Waals surface area contributed by atoms with Crippen LogP contribution >= 0.6 is 0 Å². The van der Waals surface area contributed by atoms with Crippen molar-refractivity contribution in [3.8, 4) is 34.0 Å². The van der Waals surface area contributed by atoms with Crippen LogP contribution in [0.3, 0.4) is 0 Å². The highest BCUT2D eigenvalue weighted by molar-refractivity contribution is 5.96. The van der Waals surface area contributed by atoms with Crippen molar-refractivity contribution < 1.29 is 4.39 Å². The van der Waals surface area contributed by atoms with Crippen molar-refractivity contribution in [3.05, 3.63) is 79.1 Å². The molecule has 5 heterocycles. The number of nitrogens with one attached hydrogen (secondary N) is 2. The molecule has 8 heteroatoms. The van der Waals surface area contributed by atoms with Crippen molar-refractivity contribution in [3.63, 3.8) is 0 Å². The van der Waals surface area contributed by atoms with Crippen LogP contribution in [0.25, 0.3) is 56.0 Å². The fourth-order valence-electron chi connectivity index (χ4n) is 3.64. The maximum Gasteiger partial charge on any atom is 0.159 e. The van der Waals surface area contributed by atoms with Gasteiger partial charge in [0.2, 0.25) is 0 Å². The molecule has 5 aromatic heterocycles. The fourth-order valence-corrected chi connectivity index (χ4v) is 3.64. The number of hydrogen-bond acceptors (Lipinski definition) is 5. The van der Waals surface area contributed by atoms with Crippen LogP contribution in [0.2, 0.25) is 0 Å². The summed E-state index contributed by atoms with van der Waals surface area (Å²) in [5.41, 5.74) is 6.20. The third-order valence-electron chi connectivity index (χ3n) is 5.15. The first-order valence-electron chi connectivity index (χ1n) is 9.62. The zero-order valence-electron chi connectivity index (χ0n) is 16.0. The average molecular weight is 407 g/mol. The van der Waals surface area contributed by atoms with Crippen LogP contribution in [-0.2, 0) is 0 Å². The van der Waals surface area contributed by atoms with E-state index in [-0.39, 0.29) is 5.82 Å². The molecular formula is C23H14FN7. The van der Waals surface area contributed by atoms with E-state index < -0.39 is 0 Å². The Morgan fingerprint density at radius 1 is 0.806 bits per heavy atom. The highest BCUT2D eigenvalue weighted by Crippen LogP contribution is 2.31. The van der Waals surface area contributed by atoms with Gasteiger partial charge in [0.05, 0.1) is 28.6 Å². The minimum atomic E-state index is -0.292. The molecule has 7 nitrogen and oxygen atoms in total. The summed E-state index contributed by atoms with van der Waals surface area (Å²) in [6, 6.07) is 13.9. The lowest BCUT2D eigenvalue weighted by atomic mass is 10.1. The summed E-state index contributed by atoms with van der Waals surface area (Å²) in [6.07, 6.45) is 6.96. The van der Waals surface area contributed by atoms with Crippen LogP contribution in [0.15, 0.2) is 73.3 Å². The Hall–Kier alpha value is -4.46. The van der Waals surface area contributed by atoms with Gasteiger partial charge in [0, 0.05) is 35.1 Å². The van der Waals surface area contributed by atoms with E-state index in [1.54, 1.807) is 36.9 Å². The van der Waals surface area contributed by atoms with Crippen LogP contribution in [-0.4, -0.2) is 35.1 Å². The summed E-state index contributed by atoms with van der Waals surface area (Å²) in [5.74, 6) is 0.320. The van der Waals surface area contributed by atoms with E-state index in [9.17, 15) is 4.39 Å². The molecule has 0 amide bonds. The molecule has 6 aromatic rings. The number of H-pyrrole nitrogens is 2. The predicted molar refractivity (Wildman–Crippen MR) is 115 cm³/mol. The maximum atomic E-state index is 13.3. The summed E-state index contributed by atoms with van der Waals surface area (Å²) in [4.78, 5) is 21.3. The summed E-state index contributed by atoms with van der Waals surface area (Å²) in [6.45, 7) is 0. The van der Waals surface area contributed by atoms with E-state index in [4.69, 9.17) is 4.98 Å². The van der Waals surface area contributed by atoms with Gasteiger partial charge >= 0.3 is 0 Å². The van der Waals surface area contributed by atoms with Gasteiger partial charge in [0.25, 0.3) is 0 Å². The molecule has 148 valence electrons. The minimum absolute atomic E-state index is 0.292. The normalized spacial score (nSPS) is 11.4. The van der Waals surface area contributed by atoms with Gasteiger partial charge in [-0.1, -0.05) is 0 Å². The van der Waals surface area contributed by atoms with E-state index in [1.807, 2.05) is 24.3 Å². The summed E-state index contributed by atoms with van der Waals surface area (Å²) >= 11 is 0. The molecule has 0 fully saturated rings. The lowest BCUT2D eigenvalue weighted by molar-refractivity contribution is 0.628.